The molecule has 3 atom stereocenters. The number of hydrogen-bond acceptors (Lipinski definition) is 13. The quantitative estimate of drug-likeness (QED) is 0.0413. The van der Waals surface area contributed by atoms with Crippen LogP contribution in [0.25, 0.3) is 44.5 Å². The molecule has 3 amide bonds. The number of ether oxygens (including phenoxy) is 4. The summed E-state index contributed by atoms with van der Waals surface area (Å²) in [6.45, 7) is 11.2. The van der Waals surface area contributed by atoms with Gasteiger partial charge in [-0.05, 0) is 58.0 Å². The van der Waals surface area contributed by atoms with Crippen molar-refractivity contribution in [3.05, 3.63) is 131 Å². The van der Waals surface area contributed by atoms with Gasteiger partial charge in [-0.15, -0.1) is 11.3 Å². The van der Waals surface area contributed by atoms with Crippen molar-refractivity contribution in [3.8, 4) is 21.6 Å². The molecule has 1 fully saturated rings. The fourth-order valence-electron chi connectivity index (χ4n) is 8.13. The number of fused-ring (bicyclic) bond motifs is 1. The highest BCUT2D eigenvalue weighted by Crippen LogP contribution is 2.29. The number of benzene rings is 3. The molecule has 71 heavy (non-hydrogen) atoms. The van der Waals surface area contributed by atoms with E-state index in [2.05, 4.69) is 74.5 Å². The average molecular weight is 984 g/mol. The number of β-amino-alcohol motifs (C(OH)–C–C–N with tert-alkyl or cyclic N) is 1. The van der Waals surface area contributed by atoms with Gasteiger partial charge in [-0.3, -0.25) is 19.4 Å². The monoisotopic (exact) mass is 983 g/mol. The van der Waals surface area contributed by atoms with Crippen molar-refractivity contribution >= 4 is 57.8 Å². The Bertz CT molecular complexity index is 2690. The van der Waals surface area contributed by atoms with Crippen LogP contribution in [-0.2, 0) is 39.9 Å². The van der Waals surface area contributed by atoms with E-state index in [4.69, 9.17) is 23.9 Å². The number of anilines is 1. The van der Waals surface area contributed by atoms with Crippen LogP contribution in [0, 0.1) is 12.3 Å². The first kappa shape index (κ1) is 52.4. The number of aryl methyl sites for hydroxylation is 1. The van der Waals surface area contributed by atoms with E-state index in [-0.39, 0.29) is 51.0 Å². The van der Waals surface area contributed by atoms with Gasteiger partial charge in [-0.25, -0.2) is 9.97 Å². The lowest BCUT2D eigenvalue weighted by molar-refractivity contribution is -0.144. The van der Waals surface area contributed by atoms with Gasteiger partial charge >= 0.3 is 0 Å². The highest BCUT2D eigenvalue weighted by molar-refractivity contribution is 7.13. The Balaban J connectivity index is 0.745. The van der Waals surface area contributed by atoms with E-state index in [1.54, 1.807) is 17.5 Å². The summed E-state index contributed by atoms with van der Waals surface area (Å²) in [5.74, 6) is -0.373. The number of aliphatic hydroxyl groups is 1. The highest BCUT2D eigenvalue weighted by Gasteiger charge is 2.44. The first-order valence-electron chi connectivity index (χ1n) is 24.1. The summed E-state index contributed by atoms with van der Waals surface area (Å²) in [6, 6.07) is 26.9. The summed E-state index contributed by atoms with van der Waals surface area (Å²) in [5, 5.41) is 22.2. The minimum atomic E-state index is -0.925. The van der Waals surface area contributed by atoms with E-state index in [0.717, 1.165) is 49.8 Å². The first-order valence-corrected chi connectivity index (χ1v) is 25.0. The van der Waals surface area contributed by atoms with Crippen molar-refractivity contribution in [2.45, 2.75) is 65.3 Å². The number of carbonyl (C=O) groups is 3. The predicted octanol–water partition coefficient (Wildman–Crippen LogP) is 7.58. The molecule has 1 aliphatic heterocycles. The van der Waals surface area contributed by atoms with E-state index in [1.165, 1.54) is 15.7 Å². The predicted molar refractivity (Wildman–Crippen MR) is 278 cm³/mol. The molecule has 0 radical (unpaired) electrons. The number of nitrogens with one attached hydrogen (secondary N) is 3. The van der Waals surface area contributed by atoms with Gasteiger partial charge in [-0.1, -0.05) is 99.7 Å². The van der Waals surface area contributed by atoms with Gasteiger partial charge in [0.25, 0.3) is 0 Å². The number of likely N-dealkylation sites (tertiary alicyclic amines) is 1. The van der Waals surface area contributed by atoms with Crippen LogP contribution < -0.4 is 16.0 Å². The first-order chi connectivity index (χ1) is 34.4. The average Bonchev–Trinajstić information content (AvgIpc) is 4.00. The molecule has 16 heteroatoms. The third-order valence-corrected chi connectivity index (χ3v) is 13.0. The number of hydrogen-bond donors (Lipinski definition) is 4. The zero-order valence-corrected chi connectivity index (χ0v) is 41.8. The third-order valence-electron chi connectivity index (χ3n) is 12.0. The van der Waals surface area contributed by atoms with Crippen molar-refractivity contribution in [1.29, 1.82) is 0 Å². The lowest BCUT2D eigenvalue weighted by atomic mass is 9.85. The largest absolute Gasteiger partial charge is 0.391 e. The Kier molecular flexibility index (Phi) is 19.3. The van der Waals surface area contributed by atoms with Crippen molar-refractivity contribution < 1.29 is 38.4 Å². The Morgan fingerprint density at radius 2 is 1.52 bits per heavy atom. The summed E-state index contributed by atoms with van der Waals surface area (Å²) in [5.41, 5.74) is 8.09. The van der Waals surface area contributed by atoms with Crippen molar-refractivity contribution in [3.63, 3.8) is 0 Å². The number of pyridine rings is 2. The SMILES string of the molecule is Cc1ncsc1-c1ccc(CNC(=O)[C@@H]2C[C@@H](O)CN2C(=O)[C@@H](NC(=O)CCOCCOCCOCCOCCNc2ncc(-c3cccnc3)cc2/C=C/c2ccc3ccccc3c2)C(C)(C)C)cc1. The molecule has 0 unspecified atom stereocenters. The van der Waals surface area contributed by atoms with Crippen LogP contribution in [-0.4, -0.2) is 127 Å². The van der Waals surface area contributed by atoms with Crippen LogP contribution in [0.1, 0.15) is 56.0 Å². The van der Waals surface area contributed by atoms with Crippen LogP contribution in [0.4, 0.5) is 5.82 Å². The summed E-state index contributed by atoms with van der Waals surface area (Å²) in [4.78, 5) is 56.3. The zero-order valence-electron chi connectivity index (χ0n) is 41.0. The number of carbonyl (C=O) groups excluding carboxylic acids is 3. The van der Waals surface area contributed by atoms with Gasteiger partial charge in [0.1, 0.15) is 17.9 Å². The van der Waals surface area contributed by atoms with Crippen LogP contribution >= 0.6 is 11.3 Å². The molecule has 0 saturated carbocycles. The zero-order chi connectivity index (χ0) is 50.0. The van der Waals surface area contributed by atoms with Crippen LogP contribution in [0.15, 0.2) is 109 Å². The van der Waals surface area contributed by atoms with Gasteiger partial charge in [0, 0.05) is 67.8 Å². The molecule has 1 saturated heterocycles. The van der Waals surface area contributed by atoms with Crippen LogP contribution in [0.3, 0.4) is 0 Å². The lowest BCUT2D eigenvalue weighted by Crippen LogP contribution is -2.57. The smallest absolute Gasteiger partial charge is 0.246 e. The number of amides is 3. The second kappa shape index (κ2) is 26.2. The fourth-order valence-corrected chi connectivity index (χ4v) is 8.94. The summed E-state index contributed by atoms with van der Waals surface area (Å²) in [6.07, 6.45) is 8.89. The second-order valence-corrected chi connectivity index (χ2v) is 19.3. The number of rotatable bonds is 25. The number of thiazole rings is 1. The highest BCUT2D eigenvalue weighted by atomic mass is 32.1. The minimum Gasteiger partial charge on any atom is -0.391 e. The van der Waals surface area contributed by atoms with Gasteiger partial charge in [0.05, 0.1) is 75.0 Å². The standard InChI is InChI=1S/C55H65N7O8S/c1-38-50(71-37-60-38)42-16-13-40(14-17-42)33-59-53(65)48-32-47(63)36-62(48)54(66)51(55(2,3)4)61-49(64)19-22-67-24-26-69-28-29-70-27-25-68-23-21-57-52-44(31-46(35-58-52)45-10-7-20-56-34-45)18-12-39-11-15-41-8-5-6-9-43(41)30-39/h5-18,20,30-31,34-35,37,47-48,51,63H,19,21-29,32-33,36H2,1-4H3,(H,57,58)(H,59,65)(H,61,64)/b18-12+/t47-,48+,51-/m1/s1. The molecule has 3 aromatic carbocycles. The van der Waals surface area contributed by atoms with E-state index in [0.29, 0.717) is 46.2 Å². The van der Waals surface area contributed by atoms with E-state index in [9.17, 15) is 19.5 Å². The summed E-state index contributed by atoms with van der Waals surface area (Å²) in [7, 11) is 0. The lowest BCUT2D eigenvalue weighted by Gasteiger charge is -2.35. The molecule has 4 heterocycles. The molecule has 4 N–H and O–H groups in total. The van der Waals surface area contributed by atoms with Crippen LogP contribution in [0.2, 0.25) is 0 Å². The van der Waals surface area contributed by atoms with Gasteiger partial charge < -0.3 is 44.9 Å². The Morgan fingerprint density at radius 1 is 0.803 bits per heavy atom. The molecule has 0 aliphatic carbocycles. The van der Waals surface area contributed by atoms with E-state index >= 15 is 0 Å². The van der Waals surface area contributed by atoms with Gasteiger partial charge in [-0.2, -0.15) is 0 Å². The normalized spacial score (nSPS) is 15.3. The van der Waals surface area contributed by atoms with Crippen molar-refractivity contribution in [2.75, 3.05) is 71.3 Å². The van der Waals surface area contributed by atoms with Crippen LogP contribution in [0.5, 0.6) is 0 Å². The molecule has 3 aromatic heterocycles. The third kappa shape index (κ3) is 15.5. The number of aliphatic hydroxyl groups excluding tert-OH is 1. The number of nitrogens with zero attached hydrogens (tertiary/aromatic N) is 4. The minimum absolute atomic E-state index is 0.00104. The molecule has 0 bridgehead atoms. The number of aromatic nitrogens is 3. The van der Waals surface area contributed by atoms with Crippen molar-refractivity contribution in [1.82, 2.24) is 30.5 Å². The van der Waals surface area contributed by atoms with Crippen molar-refractivity contribution in [2.24, 2.45) is 5.41 Å². The van der Waals surface area contributed by atoms with E-state index in [1.807, 2.05) is 94.1 Å². The molecule has 0 spiro atoms. The Labute approximate surface area is 420 Å². The topological polar surface area (TPSA) is 186 Å². The second-order valence-electron chi connectivity index (χ2n) is 18.4. The molecule has 6 aromatic rings. The fraction of sp³-hybridized carbons (Fsp3) is 0.382. The maximum Gasteiger partial charge on any atom is 0.246 e. The molecule has 7 rings (SSSR count). The summed E-state index contributed by atoms with van der Waals surface area (Å²) < 4.78 is 22.7. The maximum atomic E-state index is 14.0. The molecule has 374 valence electrons. The molecule has 15 nitrogen and oxygen atoms in total. The molecular formula is C55H65N7O8S. The Morgan fingerprint density at radius 3 is 2.21 bits per heavy atom. The van der Waals surface area contributed by atoms with E-state index < -0.39 is 29.5 Å². The Hall–Kier alpha value is -6.40. The molecular weight excluding hydrogens is 919 g/mol. The summed E-state index contributed by atoms with van der Waals surface area (Å²) >= 11 is 1.58. The molecule has 1 aliphatic rings. The maximum absolute atomic E-state index is 14.0. The van der Waals surface area contributed by atoms with Gasteiger partial charge in [0.15, 0.2) is 0 Å². The van der Waals surface area contributed by atoms with Gasteiger partial charge in [0.2, 0.25) is 17.7 Å².